The van der Waals surface area contributed by atoms with Crippen molar-refractivity contribution in [2.75, 3.05) is 17.8 Å². The summed E-state index contributed by atoms with van der Waals surface area (Å²) in [6, 6.07) is 21.0. The predicted molar refractivity (Wildman–Crippen MR) is 121 cm³/mol. The molecule has 170 valence electrons. The Bertz CT molecular complexity index is 1150. The van der Waals surface area contributed by atoms with Crippen LogP contribution >= 0.6 is 11.8 Å². The summed E-state index contributed by atoms with van der Waals surface area (Å²) in [5.41, 5.74) is 0.346. The lowest BCUT2D eigenvalue weighted by Crippen LogP contribution is -2.55. The van der Waals surface area contributed by atoms with E-state index in [4.69, 9.17) is 4.74 Å². The second-order valence-electron chi connectivity index (χ2n) is 7.51. The van der Waals surface area contributed by atoms with Gasteiger partial charge in [0.05, 0.1) is 24.5 Å². The fourth-order valence-corrected chi connectivity index (χ4v) is 5.56. The molecule has 0 bridgehead atoms. The minimum atomic E-state index is -4.58. The summed E-state index contributed by atoms with van der Waals surface area (Å²) < 4.78 is 44.5. The van der Waals surface area contributed by atoms with E-state index in [2.05, 4.69) is 0 Å². The zero-order valence-corrected chi connectivity index (χ0v) is 18.4. The highest BCUT2D eigenvalue weighted by Gasteiger charge is 2.57. The molecule has 0 unspecified atom stereocenters. The van der Waals surface area contributed by atoms with Gasteiger partial charge in [-0.2, -0.15) is 13.2 Å². The third-order valence-electron chi connectivity index (χ3n) is 5.59. The summed E-state index contributed by atoms with van der Waals surface area (Å²) >= 11 is 1.07. The second kappa shape index (κ2) is 8.94. The smallest absolute Gasteiger partial charge is 0.416 e. The molecule has 33 heavy (non-hydrogen) atoms. The van der Waals surface area contributed by atoms with E-state index in [0.717, 1.165) is 23.9 Å². The molecule has 8 heteroatoms. The van der Waals surface area contributed by atoms with Gasteiger partial charge in [0.2, 0.25) is 5.91 Å². The molecule has 3 aromatic carbocycles. The average Bonchev–Trinajstić information content (AvgIpc) is 2.84. The summed E-state index contributed by atoms with van der Waals surface area (Å²) in [5, 5.41) is 0. The summed E-state index contributed by atoms with van der Waals surface area (Å²) in [7, 11) is 1.24. The number of thioether (sulfide) groups is 1. The number of benzene rings is 3. The number of methoxy groups -OCH3 is 1. The molecular formula is C25H20F3NO3S. The lowest BCUT2D eigenvalue weighted by molar-refractivity contribution is -0.144. The lowest BCUT2D eigenvalue weighted by atomic mass is 9.83. The normalized spacial score (nSPS) is 21.0. The van der Waals surface area contributed by atoms with E-state index in [9.17, 15) is 22.8 Å². The number of hydrogen-bond acceptors (Lipinski definition) is 4. The number of halogens is 3. The highest BCUT2D eigenvalue weighted by atomic mass is 32.2. The number of esters is 1. The van der Waals surface area contributed by atoms with Crippen molar-refractivity contribution >= 4 is 29.3 Å². The Morgan fingerprint density at radius 3 is 2.24 bits per heavy atom. The van der Waals surface area contributed by atoms with Gasteiger partial charge in [0.1, 0.15) is 0 Å². The van der Waals surface area contributed by atoms with Crippen molar-refractivity contribution in [1.82, 2.24) is 0 Å². The maximum absolute atomic E-state index is 13.6. The molecule has 0 N–H and O–H groups in total. The highest BCUT2D eigenvalue weighted by Crippen LogP contribution is 2.54. The van der Waals surface area contributed by atoms with E-state index in [1.165, 1.54) is 24.1 Å². The molecule has 3 aromatic rings. The van der Waals surface area contributed by atoms with Crippen molar-refractivity contribution in [3.8, 4) is 0 Å². The van der Waals surface area contributed by atoms with Crippen LogP contribution < -0.4 is 4.90 Å². The first kappa shape index (κ1) is 22.9. The van der Waals surface area contributed by atoms with Gasteiger partial charge in [-0.25, -0.2) is 0 Å². The Balaban J connectivity index is 2.03. The maximum atomic E-state index is 13.6. The number of hydrogen-bond donors (Lipinski definition) is 0. The Morgan fingerprint density at radius 1 is 1.00 bits per heavy atom. The Morgan fingerprint density at radius 2 is 1.64 bits per heavy atom. The molecule has 0 radical (unpaired) electrons. The first-order valence-electron chi connectivity index (χ1n) is 10.1. The summed E-state index contributed by atoms with van der Waals surface area (Å²) in [6.45, 7) is 0. The standard InChI is InChI=1S/C25H20F3NO3S/c1-32-23(31)24(18-10-4-2-5-11-18)22(17-9-8-12-19(15-17)25(26,27)28)29(21(30)16-33-24)20-13-6-3-7-14-20/h2-15,22H,16H2,1H3/t22-,24-/m1/s1. The van der Waals surface area contributed by atoms with Crippen LogP contribution in [0.25, 0.3) is 0 Å². The highest BCUT2D eigenvalue weighted by molar-refractivity contribution is 8.01. The first-order valence-corrected chi connectivity index (χ1v) is 11.1. The molecule has 1 fully saturated rings. The van der Waals surface area contributed by atoms with Gasteiger partial charge in [-0.1, -0.05) is 60.7 Å². The number of rotatable bonds is 4. The SMILES string of the molecule is COC(=O)[C@]1(c2ccccc2)SCC(=O)N(c2ccccc2)[C@@H]1c1cccc(C(F)(F)F)c1. The van der Waals surface area contributed by atoms with Gasteiger partial charge in [-0.3, -0.25) is 9.59 Å². The molecule has 1 amide bonds. The second-order valence-corrected chi connectivity index (χ2v) is 8.73. The minimum Gasteiger partial charge on any atom is -0.468 e. The van der Waals surface area contributed by atoms with Crippen molar-refractivity contribution in [2.45, 2.75) is 17.0 Å². The lowest BCUT2D eigenvalue weighted by Gasteiger charge is -2.47. The number of alkyl halides is 3. The molecular weight excluding hydrogens is 451 g/mol. The van der Waals surface area contributed by atoms with Crippen molar-refractivity contribution in [3.05, 3.63) is 102 Å². The molecule has 1 aliphatic rings. The van der Waals surface area contributed by atoms with Crippen molar-refractivity contribution in [2.24, 2.45) is 0 Å². The monoisotopic (exact) mass is 471 g/mol. The fraction of sp³-hybridized carbons (Fsp3) is 0.200. The molecule has 1 heterocycles. The molecule has 0 spiro atoms. The van der Waals surface area contributed by atoms with Crippen LogP contribution in [-0.4, -0.2) is 24.7 Å². The van der Waals surface area contributed by atoms with E-state index in [1.54, 1.807) is 60.7 Å². The minimum absolute atomic E-state index is 0.0473. The van der Waals surface area contributed by atoms with Crippen LogP contribution in [-0.2, 0) is 25.2 Å². The number of carbonyl (C=O) groups is 2. The van der Waals surface area contributed by atoms with Crippen LogP contribution in [0.3, 0.4) is 0 Å². The Hall–Kier alpha value is -3.26. The van der Waals surface area contributed by atoms with Crippen LogP contribution in [0.5, 0.6) is 0 Å². The van der Waals surface area contributed by atoms with Crippen LogP contribution in [0, 0.1) is 0 Å². The van der Waals surface area contributed by atoms with Gasteiger partial charge in [0, 0.05) is 5.69 Å². The van der Waals surface area contributed by atoms with Crippen LogP contribution in [0.2, 0.25) is 0 Å². The number of carbonyl (C=O) groups excluding carboxylic acids is 2. The molecule has 2 atom stereocenters. The molecule has 4 nitrogen and oxygen atoms in total. The van der Waals surface area contributed by atoms with E-state index >= 15 is 0 Å². The van der Waals surface area contributed by atoms with E-state index in [-0.39, 0.29) is 17.2 Å². The van der Waals surface area contributed by atoms with E-state index in [0.29, 0.717) is 11.3 Å². The zero-order valence-electron chi connectivity index (χ0n) is 17.6. The summed E-state index contributed by atoms with van der Waals surface area (Å²) in [6.07, 6.45) is -4.58. The van der Waals surface area contributed by atoms with Crippen molar-refractivity contribution in [3.63, 3.8) is 0 Å². The molecule has 1 saturated heterocycles. The van der Waals surface area contributed by atoms with Gasteiger partial charge < -0.3 is 9.64 Å². The van der Waals surface area contributed by atoms with E-state index < -0.39 is 28.5 Å². The number of nitrogens with zero attached hydrogens (tertiary/aromatic N) is 1. The van der Waals surface area contributed by atoms with Gasteiger partial charge in [0.25, 0.3) is 0 Å². The van der Waals surface area contributed by atoms with Gasteiger partial charge in [-0.05, 0) is 35.4 Å². The molecule has 0 aromatic heterocycles. The number of amides is 1. The van der Waals surface area contributed by atoms with E-state index in [1.807, 2.05) is 0 Å². The van der Waals surface area contributed by atoms with Crippen molar-refractivity contribution in [1.29, 1.82) is 0 Å². The predicted octanol–water partition coefficient (Wildman–Crippen LogP) is 5.60. The maximum Gasteiger partial charge on any atom is 0.416 e. The van der Waals surface area contributed by atoms with Gasteiger partial charge >= 0.3 is 12.1 Å². The number of para-hydroxylation sites is 1. The van der Waals surface area contributed by atoms with Crippen LogP contribution in [0.4, 0.5) is 18.9 Å². The van der Waals surface area contributed by atoms with Crippen molar-refractivity contribution < 1.29 is 27.5 Å². The zero-order chi connectivity index (χ0) is 23.6. The van der Waals surface area contributed by atoms with Gasteiger partial charge in [0.15, 0.2) is 4.75 Å². The largest absolute Gasteiger partial charge is 0.468 e. The molecule has 0 saturated carbocycles. The molecule has 1 aliphatic heterocycles. The van der Waals surface area contributed by atoms with Gasteiger partial charge in [-0.15, -0.1) is 11.8 Å². The third-order valence-corrected chi connectivity index (χ3v) is 7.06. The third kappa shape index (κ3) is 4.11. The van der Waals surface area contributed by atoms with Crippen LogP contribution in [0.1, 0.15) is 22.7 Å². The number of ether oxygens (including phenoxy) is 1. The number of anilines is 1. The average molecular weight is 472 g/mol. The molecule has 4 rings (SSSR count). The molecule has 0 aliphatic carbocycles. The van der Waals surface area contributed by atoms with Crippen LogP contribution in [0.15, 0.2) is 84.9 Å². The Kier molecular flexibility index (Phi) is 6.21. The topological polar surface area (TPSA) is 46.6 Å². The summed E-state index contributed by atoms with van der Waals surface area (Å²) in [5.74, 6) is -1.01. The first-order chi connectivity index (χ1) is 15.8. The summed E-state index contributed by atoms with van der Waals surface area (Å²) in [4.78, 5) is 28.1. The Labute approximate surface area is 193 Å². The quantitative estimate of drug-likeness (QED) is 0.465. The fourth-order valence-electron chi connectivity index (χ4n) is 4.17.